The minimum absolute atomic E-state index is 0.0224. The molecule has 20 heavy (non-hydrogen) atoms. The van der Waals surface area contributed by atoms with Crippen molar-refractivity contribution in [2.45, 2.75) is 13.0 Å². The molecular weight excluding hydrogens is 296 g/mol. The zero-order valence-corrected chi connectivity index (χ0v) is 12.6. The summed E-state index contributed by atoms with van der Waals surface area (Å²) in [5, 5.41) is 6.08. The van der Waals surface area contributed by atoms with Crippen LogP contribution in [0.3, 0.4) is 0 Å². The fourth-order valence-corrected chi connectivity index (χ4v) is 3.67. The summed E-state index contributed by atoms with van der Waals surface area (Å²) in [7, 11) is 1.88. The average molecular weight is 309 g/mol. The quantitative estimate of drug-likeness (QED) is 0.779. The highest BCUT2D eigenvalue weighted by Crippen LogP contribution is 2.36. The van der Waals surface area contributed by atoms with Gasteiger partial charge in [-0.2, -0.15) is 0 Å². The molecule has 0 saturated heterocycles. The molecule has 0 amide bonds. The van der Waals surface area contributed by atoms with Crippen LogP contribution in [0.5, 0.6) is 0 Å². The minimum Gasteiger partial charge on any atom is -0.408 e. The molecule has 104 valence electrons. The lowest BCUT2D eigenvalue weighted by Gasteiger charge is -2.15. The third-order valence-electron chi connectivity index (χ3n) is 3.25. The van der Waals surface area contributed by atoms with E-state index in [0.717, 1.165) is 21.0 Å². The maximum atomic E-state index is 11.2. The third kappa shape index (κ3) is 2.18. The first-order chi connectivity index (χ1) is 9.60. The average Bonchev–Trinajstić information content (AvgIpc) is 2.95. The number of H-pyrrole nitrogens is 1. The van der Waals surface area contributed by atoms with E-state index in [0.29, 0.717) is 11.1 Å². The summed E-state index contributed by atoms with van der Waals surface area (Å²) in [6.07, 6.45) is 0. The van der Waals surface area contributed by atoms with E-state index in [-0.39, 0.29) is 6.04 Å². The largest absolute Gasteiger partial charge is 0.417 e. The second kappa shape index (κ2) is 5.09. The molecule has 6 heteroatoms. The lowest BCUT2D eigenvalue weighted by Crippen LogP contribution is -2.16. The number of aromatic nitrogens is 1. The van der Waals surface area contributed by atoms with Crippen molar-refractivity contribution in [3.05, 3.63) is 55.2 Å². The van der Waals surface area contributed by atoms with Gasteiger partial charge in [-0.25, -0.2) is 4.79 Å². The molecule has 0 radical (unpaired) electrons. The van der Waals surface area contributed by atoms with Crippen molar-refractivity contribution in [1.29, 1.82) is 0 Å². The molecule has 0 aliphatic rings. The fraction of sp³-hybridized carbons (Fsp3) is 0.214. The van der Waals surface area contributed by atoms with Crippen LogP contribution in [0.15, 0.2) is 32.8 Å². The van der Waals surface area contributed by atoms with Crippen LogP contribution in [0.4, 0.5) is 0 Å². The number of rotatable bonds is 3. The van der Waals surface area contributed by atoms with Gasteiger partial charge in [-0.05, 0) is 42.6 Å². The fourth-order valence-electron chi connectivity index (χ4n) is 2.24. The van der Waals surface area contributed by atoms with E-state index >= 15 is 0 Å². The molecule has 2 aromatic heterocycles. The predicted molar refractivity (Wildman–Crippen MR) is 81.8 cm³/mol. The normalized spacial score (nSPS) is 12.9. The van der Waals surface area contributed by atoms with Gasteiger partial charge >= 0.3 is 5.76 Å². The van der Waals surface area contributed by atoms with E-state index in [4.69, 9.17) is 16.0 Å². The number of nitrogens with one attached hydrogen (secondary N) is 2. The molecular formula is C14H13ClN2O2S. The lowest BCUT2D eigenvalue weighted by atomic mass is 10.0. The van der Waals surface area contributed by atoms with Crippen LogP contribution in [0.25, 0.3) is 11.1 Å². The molecule has 0 spiro atoms. The molecule has 0 aliphatic carbocycles. The maximum Gasteiger partial charge on any atom is 0.417 e. The summed E-state index contributed by atoms with van der Waals surface area (Å²) in [4.78, 5) is 14.9. The van der Waals surface area contributed by atoms with Crippen LogP contribution >= 0.6 is 22.9 Å². The van der Waals surface area contributed by atoms with E-state index in [1.54, 1.807) is 11.3 Å². The first kappa shape index (κ1) is 13.4. The second-order valence-corrected chi connectivity index (χ2v) is 5.88. The van der Waals surface area contributed by atoms with Crippen LogP contribution in [0.1, 0.15) is 22.0 Å². The molecule has 2 N–H and O–H groups in total. The number of thiophene rings is 1. The van der Waals surface area contributed by atoms with Crippen molar-refractivity contribution in [3.63, 3.8) is 0 Å². The SMILES string of the molecule is CNC(c1ccc2[nH]c(=O)oc2c1)c1scc(C)c1Cl. The van der Waals surface area contributed by atoms with Crippen molar-refractivity contribution in [2.75, 3.05) is 7.05 Å². The Kier molecular flexibility index (Phi) is 3.41. The standard InChI is InChI=1S/C14H13ClN2O2S/c1-7-6-20-13(11(7)15)12(16-2)8-3-4-9-10(5-8)19-14(18)17-9/h3-6,12,16H,1-2H3,(H,17,18). The molecule has 3 rings (SSSR count). The summed E-state index contributed by atoms with van der Waals surface area (Å²) < 4.78 is 5.11. The second-order valence-electron chi connectivity index (χ2n) is 4.59. The Labute approximate surface area is 124 Å². The number of halogens is 1. The van der Waals surface area contributed by atoms with E-state index in [9.17, 15) is 4.79 Å². The van der Waals surface area contributed by atoms with Crippen LogP contribution in [-0.2, 0) is 0 Å². The molecule has 1 atom stereocenters. The van der Waals surface area contributed by atoms with Crippen LogP contribution in [-0.4, -0.2) is 12.0 Å². The van der Waals surface area contributed by atoms with Gasteiger partial charge in [0.25, 0.3) is 0 Å². The van der Waals surface area contributed by atoms with Crippen LogP contribution in [0, 0.1) is 6.92 Å². The van der Waals surface area contributed by atoms with Gasteiger partial charge in [0.1, 0.15) is 0 Å². The molecule has 1 aromatic carbocycles. The number of benzene rings is 1. The summed E-state index contributed by atoms with van der Waals surface area (Å²) in [6, 6.07) is 5.64. The van der Waals surface area contributed by atoms with E-state index in [2.05, 4.69) is 10.3 Å². The molecule has 2 heterocycles. The number of hydrogen-bond donors (Lipinski definition) is 2. The highest BCUT2D eigenvalue weighted by molar-refractivity contribution is 7.10. The number of fused-ring (bicyclic) bond motifs is 1. The van der Waals surface area contributed by atoms with Gasteiger partial charge in [0.2, 0.25) is 0 Å². The molecule has 0 saturated carbocycles. The van der Waals surface area contributed by atoms with Crippen molar-refractivity contribution in [1.82, 2.24) is 10.3 Å². The highest BCUT2D eigenvalue weighted by atomic mass is 35.5. The van der Waals surface area contributed by atoms with Crippen molar-refractivity contribution in [2.24, 2.45) is 0 Å². The number of aryl methyl sites for hydroxylation is 1. The van der Waals surface area contributed by atoms with Gasteiger partial charge in [0.15, 0.2) is 5.58 Å². The topological polar surface area (TPSA) is 58.0 Å². The number of aromatic amines is 1. The smallest absolute Gasteiger partial charge is 0.408 e. The Morgan fingerprint density at radius 2 is 2.25 bits per heavy atom. The minimum atomic E-state index is -0.442. The van der Waals surface area contributed by atoms with Gasteiger partial charge in [-0.15, -0.1) is 11.3 Å². The van der Waals surface area contributed by atoms with Crippen LogP contribution < -0.4 is 11.1 Å². The Morgan fingerprint density at radius 1 is 1.45 bits per heavy atom. The lowest BCUT2D eigenvalue weighted by molar-refractivity contribution is 0.554. The zero-order valence-electron chi connectivity index (χ0n) is 11.0. The van der Waals surface area contributed by atoms with E-state index < -0.39 is 5.76 Å². The zero-order chi connectivity index (χ0) is 14.3. The molecule has 0 fully saturated rings. The monoisotopic (exact) mass is 308 g/mol. The maximum absolute atomic E-state index is 11.2. The van der Waals surface area contributed by atoms with Gasteiger partial charge in [0, 0.05) is 4.88 Å². The van der Waals surface area contributed by atoms with Gasteiger partial charge in [0.05, 0.1) is 16.6 Å². The Balaban J connectivity index is 2.11. The number of hydrogen-bond acceptors (Lipinski definition) is 4. The highest BCUT2D eigenvalue weighted by Gasteiger charge is 2.19. The van der Waals surface area contributed by atoms with Gasteiger partial charge < -0.3 is 9.73 Å². The molecule has 0 aliphatic heterocycles. The Hall–Kier alpha value is -1.56. The predicted octanol–water partition coefficient (Wildman–Crippen LogP) is 3.45. The van der Waals surface area contributed by atoms with Crippen molar-refractivity contribution >= 4 is 34.0 Å². The third-order valence-corrected chi connectivity index (χ3v) is 5.03. The number of oxazole rings is 1. The van der Waals surface area contributed by atoms with Gasteiger partial charge in [-0.1, -0.05) is 17.7 Å². The summed E-state index contributed by atoms with van der Waals surface area (Å²) in [5.41, 5.74) is 3.33. The summed E-state index contributed by atoms with van der Waals surface area (Å²) in [6.45, 7) is 1.99. The molecule has 0 bridgehead atoms. The Bertz CT molecular complexity index is 818. The van der Waals surface area contributed by atoms with Crippen molar-refractivity contribution in [3.8, 4) is 0 Å². The van der Waals surface area contributed by atoms with E-state index in [1.807, 2.05) is 37.6 Å². The summed E-state index contributed by atoms with van der Waals surface area (Å²) >= 11 is 7.97. The molecule has 3 aromatic rings. The summed E-state index contributed by atoms with van der Waals surface area (Å²) in [5.74, 6) is -0.442. The Morgan fingerprint density at radius 3 is 2.90 bits per heavy atom. The van der Waals surface area contributed by atoms with E-state index in [1.165, 1.54) is 0 Å². The van der Waals surface area contributed by atoms with Crippen LogP contribution in [0.2, 0.25) is 5.02 Å². The first-order valence-electron chi connectivity index (χ1n) is 6.13. The first-order valence-corrected chi connectivity index (χ1v) is 7.39. The molecule has 1 unspecified atom stereocenters. The van der Waals surface area contributed by atoms with Crippen molar-refractivity contribution < 1.29 is 4.42 Å². The van der Waals surface area contributed by atoms with Gasteiger partial charge in [-0.3, -0.25) is 4.98 Å². The molecule has 4 nitrogen and oxygen atoms in total.